The summed E-state index contributed by atoms with van der Waals surface area (Å²) in [6.07, 6.45) is 1.33. The smallest absolute Gasteiger partial charge is 0.311 e. The molecule has 6 heteroatoms. The van der Waals surface area contributed by atoms with Crippen LogP contribution in [0.5, 0.6) is 5.75 Å². The number of phenolic OH excluding ortho intramolecular Hbond substituents is 1. The number of nitrogens with one attached hydrogen (secondary N) is 1. The molecule has 2 N–H and O–H groups in total. The number of aromatic hydroxyl groups is 1. The van der Waals surface area contributed by atoms with Gasteiger partial charge in [0.1, 0.15) is 0 Å². The van der Waals surface area contributed by atoms with Crippen LogP contribution in [0.4, 0.5) is 11.4 Å². The first kappa shape index (κ1) is 12.6. The first-order chi connectivity index (χ1) is 9.18. The lowest BCUT2D eigenvalue weighted by molar-refractivity contribution is -0.385. The van der Waals surface area contributed by atoms with E-state index in [0.717, 1.165) is 5.69 Å². The molecule has 2 rings (SSSR count). The molecule has 0 aliphatic carbocycles. The Balaban J connectivity index is 2.15. The summed E-state index contributed by atoms with van der Waals surface area (Å²) < 4.78 is 0. The lowest BCUT2D eigenvalue weighted by atomic mass is 10.2. The number of phenols is 1. The molecule has 0 unspecified atom stereocenters. The Kier molecular flexibility index (Phi) is 3.72. The fourth-order valence-electron chi connectivity index (χ4n) is 1.49. The Morgan fingerprint density at radius 1 is 1.16 bits per heavy atom. The van der Waals surface area contributed by atoms with Gasteiger partial charge in [-0.25, -0.2) is 0 Å². The van der Waals surface area contributed by atoms with Crippen LogP contribution in [0.25, 0.3) is 0 Å². The third kappa shape index (κ3) is 3.06. The largest absolute Gasteiger partial charge is 0.502 e. The second-order valence-corrected chi connectivity index (χ2v) is 3.71. The van der Waals surface area contributed by atoms with E-state index in [1.807, 2.05) is 30.3 Å². The van der Waals surface area contributed by atoms with Gasteiger partial charge in [-0.2, -0.15) is 5.10 Å². The summed E-state index contributed by atoms with van der Waals surface area (Å²) in [5.74, 6) is -0.397. The van der Waals surface area contributed by atoms with Gasteiger partial charge < -0.3 is 5.11 Å². The number of rotatable bonds is 4. The lowest BCUT2D eigenvalue weighted by Crippen LogP contribution is -1.94. The molecule has 0 spiro atoms. The van der Waals surface area contributed by atoms with Gasteiger partial charge in [0.25, 0.3) is 0 Å². The average molecular weight is 257 g/mol. The molecule has 96 valence electrons. The Bertz CT molecular complexity index is 612. The van der Waals surface area contributed by atoms with Crippen molar-refractivity contribution in [3.63, 3.8) is 0 Å². The van der Waals surface area contributed by atoms with Crippen molar-refractivity contribution < 1.29 is 10.0 Å². The lowest BCUT2D eigenvalue weighted by Gasteiger charge is -2.01. The van der Waals surface area contributed by atoms with Crippen molar-refractivity contribution in [2.45, 2.75) is 0 Å². The highest BCUT2D eigenvalue weighted by Gasteiger charge is 2.14. The summed E-state index contributed by atoms with van der Waals surface area (Å²) in [7, 11) is 0. The molecule has 6 nitrogen and oxygen atoms in total. The number of hydrogen-bond donors (Lipinski definition) is 2. The highest BCUT2D eigenvalue weighted by Crippen LogP contribution is 2.27. The van der Waals surface area contributed by atoms with Gasteiger partial charge in [-0.1, -0.05) is 24.3 Å². The minimum absolute atomic E-state index is 0.276. The summed E-state index contributed by atoms with van der Waals surface area (Å²) in [6.45, 7) is 0. The molecule has 19 heavy (non-hydrogen) atoms. The third-order valence-corrected chi connectivity index (χ3v) is 2.41. The molecule has 0 aliphatic heterocycles. The topological polar surface area (TPSA) is 87.8 Å². The van der Waals surface area contributed by atoms with E-state index < -0.39 is 10.7 Å². The van der Waals surface area contributed by atoms with Crippen LogP contribution in [-0.4, -0.2) is 16.2 Å². The minimum Gasteiger partial charge on any atom is -0.502 e. The number of nitro groups is 1. The molecular weight excluding hydrogens is 246 g/mol. The van der Waals surface area contributed by atoms with Crippen molar-refractivity contribution in [3.8, 4) is 5.75 Å². The molecule has 2 aromatic carbocycles. The van der Waals surface area contributed by atoms with Gasteiger partial charge in [-0.3, -0.25) is 15.5 Å². The van der Waals surface area contributed by atoms with E-state index in [9.17, 15) is 15.2 Å². The van der Waals surface area contributed by atoms with E-state index in [1.165, 1.54) is 18.3 Å². The maximum atomic E-state index is 10.7. The zero-order valence-corrected chi connectivity index (χ0v) is 9.85. The van der Waals surface area contributed by atoms with Gasteiger partial charge in [0.15, 0.2) is 0 Å². The van der Waals surface area contributed by atoms with E-state index in [4.69, 9.17) is 0 Å². The van der Waals surface area contributed by atoms with Gasteiger partial charge >= 0.3 is 5.69 Å². The molecule has 0 aromatic heterocycles. The van der Waals surface area contributed by atoms with Crippen LogP contribution in [0.15, 0.2) is 53.6 Å². The molecule has 0 atom stereocenters. The van der Waals surface area contributed by atoms with E-state index in [1.54, 1.807) is 6.07 Å². The number of hydrogen-bond acceptors (Lipinski definition) is 5. The Morgan fingerprint density at radius 3 is 2.58 bits per heavy atom. The summed E-state index contributed by atoms with van der Waals surface area (Å²) in [6, 6.07) is 13.5. The predicted octanol–water partition coefficient (Wildman–Crippen LogP) is 2.75. The fraction of sp³-hybridized carbons (Fsp3) is 0. The van der Waals surface area contributed by atoms with Crippen LogP contribution in [0.3, 0.4) is 0 Å². The summed E-state index contributed by atoms with van der Waals surface area (Å²) in [5.41, 5.74) is 3.47. The monoisotopic (exact) mass is 257 g/mol. The number of benzene rings is 2. The number of anilines is 1. The van der Waals surface area contributed by atoms with Crippen LogP contribution >= 0.6 is 0 Å². The first-order valence-corrected chi connectivity index (χ1v) is 5.49. The molecule has 0 saturated heterocycles. The second-order valence-electron chi connectivity index (χ2n) is 3.71. The Labute approximate surface area is 109 Å². The summed E-state index contributed by atoms with van der Waals surface area (Å²) in [5, 5.41) is 24.3. The highest BCUT2D eigenvalue weighted by molar-refractivity contribution is 5.86. The maximum Gasteiger partial charge on any atom is 0.311 e. The van der Waals surface area contributed by atoms with Crippen molar-refractivity contribution >= 4 is 17.6 Å². The van der Waals surface area contributed by atoms with Crippen LogP contribution in [0, 0.1) is 10.1 Å². The van der Waals surface area contributed by atoms with Crippen molar-refractivity contribution in [1.82, 2.24) is 0 Å². The molecule has 0 aliphatic rings. The molecule has 0 saturated carbocycles. The number of nitrogens with zero attached hydrogens (tertiary/aromatic N) is 2. The Morgan fingerprint density at radius 2 is 1.89 bits per heavy atom. The van der Waals surface area contributed by atoms with E-state index in [2.05, 4.69) is 10.5 Å². The fourth-order valence-corrected chi connectivity index (χ4v) is 1.49. The van der Waals surface area contributed by atoms with Gasteiger partial charge in [-0.15, -0.1) is 0 Å². The predicted molar refractivity (Wildman–Crippen MR) is 72.4 cm³/mol. The zero-order chi connectivity index (χ0) is 13.7. The van der Waals surface area contributed by atoms with Crippen LogP contribution in [0.1, 0.15) is 5.56 Å². The highest BCUT2D eigenvalue weighted by atomic mass is 16.6. The number of para-hydroxylation sites is 2. The van der Waals surface area contributed by atoms with Crippen molar-refractivity contribution in [1.29, 1.82) is 0 Å². The number of nitro benzene ring substituents is 1. The maximum absolute atomic E-state index is 10.7. The Hall–Kier alpha value is -2.89. The van der Waals surface area contributed by atoms with Gasteiger partial charge in [0.05, 0.1) is 16.8 Å². The SMILES string of the molecule is O=[N+]([O-])c1cccc(/C=N/Nc2ccccc2)c1O. The molecule has 0 heterocycles. The third-order valence-electron chi connectivity index (χ3n) is 2.41. The first-order valence-electron chi connectivity index (χ1n) is 5.49. The molecule has 2 aromatic rings. The average Bonchev–Trinajstić information content (AvgIpc) is 2.41. The molecular formula is C13H11N3O3. The van der Waals surface area contributed by atoms with Crippen LogP contribution in [0.2, 0.25) is 0 Å². The van der Waals surface area contributed by atoms with E-state index >= 15 is 0 Å². The molecule has 0 radical (unpaired) electrons. The van der Waals surface area contributed by atoms with Crippen molar-refractivity contribution in [2.24, 2.45) is 5.10 Å². The van der Waals surface area contributed by atoms with Gasteiger partial charge in [0.2, 0.25) is 5.75 Å². The molecule has 0 bridgehead atoms. The molecule has 0 amide bonds. The summed E-state index contributed by atoms with van der Waals surface area (Å²) in [4.78, 5) is 10.0. The van der Waals surface area contributed by atoms with Crippen LogP contribution < -0.4 is 5.43 Å². The quantitative estimate of drug-likeness (QED) is 0.500. The van der Waals surface area contributed by atoms with E-state index in [0.29, 0.717) is 0 Å². The molecule has 0 fully saturated rings. The zero-order valence-electron chi connectivity index (χ0n) is 9.85. The standard InChI is InChI=1S/C13H11N3O3/c17-13-10(5-4-8-12(13)16(18)19)9-14-15-11-6-2-1-3-7-11/h1-9,15,17H/b14-9+. The summed E-state index contributed by atoms with van der Waals surface area (Å²) >= 11 is 0. The van der Waals surface area contributed by atoms with Crippen molar-refractivity contribution in [2.75, 3.05) is 5.43 Å². The van der Waals surface area contributed by atoms with Crippen LogP contribution in [-0.2, 0) is 0 Å². The second kappa shape index (κ2) is 5.63. The van der Waals surface area contributed by atoms with Gasteiger partial charge in [0, 0.05) is 11.6 Å². The normalized spacial score (nSPS) is 10.5. The minimum atomic E-state index is -0.642. The van der Waals surface area contributed by atoms with Crippen molar-refractivity contribution in [3.05, 3.63) is 64.2 Å². The van der Waals surface area contributed by atoms with E-state index in [-0.39, 0.29) is 11.3 Å². The van der Waals surface area contributed by atoms with Gasteiger partial charge in [-0.05, 0) is 18.2 Å². The number of hydrazone groups is 1.